The maximum Gasteiger partial charge on any atom is 0.229 e. The van der Waals surface area contributed by atoms with Crippen LogP contribution < -0.4 is 21.0 Å². The molecule has 4 heterocycles. The molecule has 1 aliphatic heterocycles. The number of morpholine rings is 1. The lowest BCUT2D eigenvalue weighted by Crippen LogP contribution is -2.36. The molecule has 0 radical (unpaired) electrons. The SMILES string of the molecule is CC(=O)CNc1ccnc(Nc2ccc(-c3csc4c(=O)cc(N5CCOCC5)oc34)cc2)n1. The number of ether oxygens (including phenoxy) is 1. The van der Waals surface area contributed by atoms with Gasteiger partial charge in [0.2, 0.25) is 11.4 Å². The number of hydrogen-bond acceptors (Lipinski definition) is 10. The second-order valence-electron chi connectivity index (χ2n) is 7.88. The summed E-state index contributed by atoms with van der Waals surface area (Å²) in [6, 6.07) is 11.0. The number of carbonyl (C=O) groups excluding carboxylic acids is 1. The lowest BCUT2D eigenvalue weighted by molar-refractivity contribution is -0.115. The van der Waals surface area contributed by atoms with Crippen molar-refractivity contribution in [1.82, 2.24) is 9.97 Å². The van der Waals surface area contributed by atoms with Gasteiger partial charge in [-0.2, -0.15) is 4.98 Å². The van der Waals surface area contributed by atoms with Crippen molar-refractivity contribution in [3.05, 3.63) is 58.2 Å². The van der Waals surface area contributed by atoms with Gasteiger partial charge in [0.15, 0.2) is 11.5 Å². The number of aromatic nitrogens is 2. The van der Waals surface area contributed by atoms with Gasteiger partial charge in [0.1, 0.15) is 16.3 Å². The van der Waals surface area contributed by atoms with Crippen LogP contribution in [0, 0.1) is 0 Å². The van der Waals surface area contributed by atoms with E-state index in [2.05, 4.69) is 20.6 Å². The van der Waals surface area contributed by atoms with Crippen LogP contribution in [0.15, 0.2) is 57.2 Å². The standard InChI is InChI=1S/C24H23N5O4S/c1-15(30)13-26-20-6-7-25-24(28-20)27-17-4-2-16(3-5-17)18-14-34-23-19(31)12-21(33-22(18)23)29-8-10-32-11-9-29/h2-7,12,14H,8-11,13H2,1H3,(H2,25,26,27,28). The molecule has 10 heteroatoms. The molecule has 1 aliphatic rings. The summed E-state index contributed by atoms with van der Waals surface area (Å²) in [6.07, 6.45) is 1.62. The molecule has 34 heavy (non-hydrogen) atoms. The number of hydrogen-bond donors (Lipinski definition) is 2. The Bertz CT molecular complexity index is 1380. The number of ketones is 1. The van der Waals surface area contributed by atoms with Gasteiger partial charge < -0.3 is 24.7 Å². The van der Waals surface area contributed by atoms with Crippen molar-refractivity contribution in [2.75, 3.05) is 48.4 Å². The van der Waals surface area contributed by atoms with E-state index in [-0.39, 0.29) is 17.8 Å². The summed E-state index contributed by atoms with van der Waals surface area (Å²) in [7, 11) is 0. The average molecular weight is 478 g/mol. The Morgan fingerprint density at radius 1 is 1.18 bits per heavy atom. The fraction of sp³-hybridized carbons (Fsp3) is 0.250. The van der Waals surface area contributed by atoms with Gasteiger partial charge in [0.25, 0.3) is 0 Å². The molecule has 4 aromatic rings. The molecule has 0 saturated carbocycles. The summed E-state index contributed by atoms with van der Waals surface area (Å²) >= 11 is 1.39. The maximum atomic E-state index is 12.7. The number of anilines is 4. The minimum atomic E-state index is -0.0345. The zero-order valence-electron chi connectivity index (χ0n) is 18.5. The second-order valence-corrected chi connectivity index (χ2v) is 8.76. The molecule has 2 N–H and O–H groups in total. The predicted molar refractivity (Wildman–Crippen MR) is 133 cm³/mol. The van der Waals surface area contributed by atoms with Gasteiger partial charge in [0.05, 0.1) is 19.8 Å². The van der Waals surface area contributed by atoms with Gasteiger partial charge in [-0.15, -0.1) is 11.3 Å². The Kier molecular flexibility index (Phi) is 6.24. The number of thiophene rings is 1. The van der Waals surface area contributed by atoms with E-state index >= 15 is 0 Å². The molecule has 0 atom stereocenters. The highest BCUT2D eigenvalue weighted by Gasteiger charge is 2.18. The molecule has 0 amide bonds. The number of rotatable bonds is 7. The molecule has 5 rings (SSSR count). The topological polar surface area (TPSA) is 110 Å². The van der Waals surface area contributed by atoms with Crippen molar-refractivity contribution < 1.29 is 13.9 Å². The van der Waals surface area contributed by atoms with E-state index in [4.69, 9.17) is 9.15 Å². The van der Waals surface area contributed by atoms with Gasteiger partial charge in [0, 0.05) is 42.0 Å². The number of Topliss-reactive ketones (excluding diaryl/α,β-unsaturated/α-hetero) is 1. The molecule has 0 unspecified atom stereocenters. The third kappa shape index (κ3) is 4.78. The van der Waals surface area contributed by atoms with Crippen molar-refractivity contribution >= 4 is 50.7 Å². The van der Waals surface area contributed by atoms with Gasteiger partial charge >= 0.3 is 0 Å². The van der Waals surface area contributed by atoms with Crippen molar-refractivity contribution in [1.29, 1.82) is 0 Å². The summed E-state index contributed by atoms with van der Waals surface area (Å²) in [5.41, 5.74) is 3.20. The second kappa shape index (κ2) is 9.62. The Balaban J connectivity index is 1.38. The van der Waals surface area contributed by atoms with Crippen LogP contribution in [0.4, 0.5) is 23.3 Å². The number of nitrogens with one attached hydrogen (secondary N) is 2. The van der Waals surface area contributed by atoms with Crippen LogP contribution >= 0.6 is 11.3 Å². The Labute approximate surface area is 199 Å². The van der Waals surface area contributed by atoms with E-state index in [0.717, 1.165) is 16.8 Å². The van der Waals surface area contributed by atoms with Gasteiger partial charge in [-0.05, 0) is 30.7 Å². The first-order chi connectivity index (χ1) is 16.6. The first-order valence-electron chi connectivity index (χ1n) is 10.9. The summed E-state index contributed by atoms with van der Waals surface area (Å²) in [6.45, 7) is 4.35. The number of fused-ring (bicyclic) bond motifs is 1. The van der Waals surface area contributed by atoms with Crippen LogP contribution in [0.25, 0.3) is 21.4 Å². The lowest BCUT2D eigenvalue weighted by atomic mass is 10.1. The summed E-state index contributed by atoms with van der Waals surface area (Å²) in [4.78, 5) is 34.5. The molecule has 174 valence electrons. The van der Waals surface area contributed by atoms with Gasteiger partial charge in [-0.1, -0.05) is 12.1 Å². The predicted octanol–water partition coefficient (Wildman–Crippen LogP) is 3.89. The zero-order valence-corrected chi connectivity index (χ0v) is 19.4. The zero-order chi connectivity index (χ0) is 23.5. The first kappa shape index (κ1) is 22.1. The normalized spacial score (nSPS) is 13.7. The van der Waals surface area contributed by atoms with Crippen molar-refractivity contribution in [3.63, 3.8) is 0 Å². The quantitative estimate of drug-likeness (QED) is 0.410. The van der Waals surface area contributed by atoms with E-state index in [1.54, 1.807) is 18.3 Å². The van der Waals surface area contributed by atoms with Crippen LogP contribution in [0.3, 0.4) is 0 Å². The van der Waals surface area contributed by atoms with Crippen molar-refractivity contribution in [2.45, 2.75) is 6.92 Å². The van der Waals surface area contributed by atoms with Crippen molar-refractivity contribution in [2.24, 2.45) is 0 Å². The molecular weight excluding hydrogens is 454 g/mol. The minimum absolute atomic E-state index is 0.0255. The molecule has 9 nitrogen and oxygen atoms in total. The molecular formula is C24H23N5O4S. The molecule has 3 aromatic heterocycles. The summed E-state index contributed by atoms with van der Waals surface area (Å²) in [5.74, 6) is 1.59. The highest BCUT2D eigenvalue weighted by atomic mass is 32.1. The van der Waals surface area contributed by atoms with Crippen LogP contribution in [0.2, 0.25) is 0 Å². The van der Waals surface area contributed by atoms with Gasteiger partial charge in [-0.3, -0.25) is 9.59 Å². The number of nitrogens with zero attached hydrogens (tertiary/aromatic N) is 3. The molecule has 0 bridgehead atoms. The van der Waals surface area contributed by atoms with E-state index < -0.39 is 0 Å². The van der Waals surface area contributed by atoms with E-state index in [0.29, 0.717) is 54.2 Å². The first-order valence-corrected chi connectivity index (χ1v) is 11.8. The van der Waals surface area contributed by atoms with Crippen LogP contribution in [-0.4, -0.2) is 48.6 Å². The summed E-state index contributed by atoms with van der Waals surface area (Å²) in [5, 5.41) is 8.08. The third-order valence-corrected chi connectivity index (χ3v) is 6.36. The highest BCUT2D eigenvalue weighted by Crippen LogP contribution is 2.35. The molecule has 0 spiro atoms. The van der Waals surface area contributed by atoms with E-state index in [9.17, 15) is 9.59 Å². The minimum Gasteiger partial charge on any atom is -0.439 e. The third-order valence-electron chi connectivity index (χ3n) is 5.38. The number of carbonyl (C=O) groups is 1. The van der Waals surface area contributed by atoms with E-state index in [1.807, 2.05) is 34.5 Å². The summed E-state index contributed by atoms with van der Waals surface area (Å²) < 4.78 is 12.2. The van der Waals surface area contributed by atoms with Crippen LogP contribution in [-0.2, 0) is 9.53 Å². The lowest BCUT2D eigenvalue weighted by Gasteiger charge is -2.27. The largest absolute Gasteiger partial charge is 0.439 e. The Hall–Kier alpha value is -3.76. The Morgan fingerprint density at radius 2 is 1.97 bits per heavy atom. The monoisotopic (exact) mass is 477 g/mol. The van der Waals surface area contributed by atoms with Gasteiger partial charge in [-0.25, -0.2) is 4.98 Å². The smallest absolute Gasteiger partial charge is 0.229 e. The van der Waals surface area contributed by atoms with Crippen molar-refractivity contribution in [3.8, 4) is 11.1 Å². The number of benzene rings is 1. The molecule has 1 saturated heterocycles. The fourth-order valence-corrected chi connectivity index (χ4v) is 4.58. The van der Waals surface area contributed by atoms with E-state index in [1.165, 1.54) is 18.3 Å². The maximum absolute atomic E-state index is 12.7. The van der Waals surface area contributed by atoms with Crippen LogP contribution in [0.1, 0.15) is 6.92 Å². The van der Waals surface area contributed by atoms with Crippen LogP contribution in [0.5, 0.6) is 0 Å². The molecule has 0 aliphatic carbocycles. The Morgan fingerprint density at radius 3 is 2.74 bits per heavy atom. The molecule has 1 aromatic carbocycles. The molecule has 1 fully saturated rings. The highest BCUT2D eigenvalue weighted by molar-refractivity contribution is 7.17. The fourth-order valence-electron chi connectivity index (χ4n) is 3.66. The average Bonchev–Trinajstić information content (AvgIpc) is 3.29.